The van der Waals surface area contributed by atoms with Crippen molar-refractivity contribution in [1.29, 1.82) is 0 Å². The van der Waals surface area contributed by atoms with Crippen molar-refractivity contribution in [1.82, 2.24) is 0 Å². The van der Waals surface area contributed by atoms with E-state index in [4.69, 9.17) is 23.6 Å². The molecular weight excluding hydrogens is 604 g/mol. The van der Waals surface area contributed by atoms with Crippen molar-refractivity contribution >= 4 is 72.2 Å². The SMILES string of the molecule is C.COC(=O)/C=C/c1cc(F)cc([N+](=O)[O-])c1.COC(=O)/C=C/c1cc(N)cc(F)c1.[Cl][Sn][Cl]. The summed E-state index contributed by atoms with van der Waals surface area (Å²) in [6.45, 7) is 0. The number of halogens is 4. The van der Waals surface area contributed by atoms with E-state index in [1.807, 2.05) is 0 Å². The first kappa shape index (κ1) is 33.5. The summed E-state index contributed by atoms with van der Waals surface area (Å²) in [5, 5.41) is 10.4. The van der Waals surface area contributed by atoms with E-state index in [1.165, 1.54) is 44.6 Å². The topological polar surface area (TPSA) is 122 Å². The van der Waals surface area contributed by atoms with Gasteiger partial charge in [-0.3, -0.25) is 10.1 Å². The standard InChI is InChI=1S/C10H8FNO4.C10H10FNO2.CH4.2ClH.Sn/c1-16-10(13)3-2-7-4-8(11)6-9(5-7)12(14)15;1-14-10(13)3-2-7-4-8(11)6-9(12)5-7;;;;/h2-6H,1H3;2-6H,12H2,1H3;1H4;2*1H;/q;;;;;+2/p-2/b2*3-2+;;;;. The summed E-state index contributed by atoms with van der Waals surface area (Å²) in [7, 11) is 12.3. The number of nitrogens with two attached hydrogens (primary N) is 1. The number of anilines is 1. The number of hydrogen-bond acceptors (Lipinski definition) is 7. The first-order valence-electron chi connectivity index (χ1n) is 8.55. The zero-order valence-corrected chi connectivity index (χ0v) is 21.6. The molecule has 0 aromatic heterocycles. The monoisotopic (exact) mass is 626 g/mol. The van der Waals surface area contributed by atoms with Crippen LogP contribution in [0.15, 0.2) is 48.6 Å². The summed E-state index contributed by atoms with van der Waals surface area (Å²) in [5.41, 5.74) is 6.09. The molecule has 2 aromatic rings. The number of rotatable bonds is 5. The van der Waals surface area contributed by atoms with Gasteiger partial charge in [0.2, 0.25) is 0 Å². The van der Waals surface area contributed by atoms with E-state index >= 15 is 0 Å². The Bertz CT molecular complexity index is 1000. The van der Waals surface area contributed by atoms with Crippen LogP contribution in [0.2, 0.25) is 0 Å². The summed E-state index contributed by atoms with van der Waals surface area (Å²) in [6.07, 6.45) is 4.93. The third-order valence-corrected chi connectivity index (χ3v) is 3.28. The van der Waals surface area contributed by atoms with Gasteiger partial charge in [0, 0.05) is 23.9 Å². The van der Waals surface area contributed by atoms with Crippen molar-refractivity contribution in [3.8, 4) is 0 Å². The van der Waals surface area contributed by atoms with Crippen molar-refractivity contribution in [2.45, 2.75) is 7.43 Å². The minimum atomic E-state index is -0.826. The third kappa shape index (κ3) is 15.2. The fourth-order valence-corrected chi connectivity index (χ4v) is 1.99. The number of ether oxygens (including phenoxy) is 2. The molecule has 2 radical (unpaired) electrons. The molecule has 2 N–H and O–H groups in total. The van der Waals surface area contributed by atoms with Crippen LogP contribution in [0, 0.1) is 21.7 Å². The number of esters is 2. The molecule has 184 valence electrons. The Kier molecular flexibility index (Phi) is 18.4. The van der Waals surface area contributed by atoms with Crippen LogP contribution < -0.4 is 5.73 Å². The van der Waals surface area contributed by atoms with Crippen LogP contribution in [0.3, 0.4) is 0 Å². The van der Waals surface area contributed by atoms with Crippen LogP contribution in [-0.4, -0.2) is 50.0 Å². The molecule has 0 atom stereocenters. The number of non-ortho nitro benzene ring substituents is 1. The molecule has 2 rings (SSSR count). The maximum absolute atomic E-state index is 12.9. The maximum atomic E-state index is 12.9. The van der Waals surface area contributed by atoms with Crippen molar-refractivity contribution in [3.05, 3.63) is 81.4 Å². The Hall–Kier alpha value is -2.70. The molecule has 0 bridgehead atoms. The van der Waals surface area contributed by atoms with Gasteiger partial charge in [-0.15, -0.1) is 0 Å². The zero-order valence-electron chi connectivity index (χ0n) is 17.3. The molecule has 8 nitrogen and oxygen atoms in total. The van der Waals surface area contributed by atoms with Gasteiger partial charge in [0.05, 0.1) is 25.2 Å². The molecule has 0 aliphatic rings. The molecule has 13 heteroatoms. The van der Waals surface area contributed by atoms with E-state index in [1.54, 1.807) is 6.07 Å². The second kappa shape index (κ2) is 18.7. The molecule has 0 amide bonds. The molecule has 34 heavy (non-hydrogen) atoms. The van der Waals surface area contributed by atoms with Crippen LogP contribution >= 0.6 is 17.8 Å². The summed E-state index contributed by atoms with van der Waals surface area (Å²) >= 11 is -0.826. The number of carbonyl (C=O) groups excluding carboxylic acids is 2. The second-order valence-electron chi connectivity index (χ2n) is 5.60. The first-order valence-corrected chi connectivity index (χ1v) is 15.8. The molecule has 0 aliphatic carbocycles. The van der Waals surface area contributed by atoms with E-state index in [0.717, 1.165) is 24.3 Å². The number of hydrogen-bond donors (Lipinski definition) is 1. The van der Waals surface area contributed by atoms with Gasteiger partial charge in [-0.2, -0.15) is 0 Å². The number of methoxy groups -OCH3 is 2. The summed E-state index contributed by atoms with van der Waals surface area (Å²) < 4.78 is 34.5. The average molecular weight is 626 g/mol. The molecular formula is C21H22Cl2F2N2O6Sn. The van der Waals surface area contributed by atoms with Gasteiger partial charge in [-0.1, -0.05) is 7.43 Å². The van der Waals surface area contributed by atoms with Gasteiger partial charge in [-0.05, 0) is 47.5 Å². The Balaban J connectivity index is 0. The predicted molar refractivity (Wildman–Crippen MR) is 130 cm³/mol. The summed E-state index contributed by atoms with van der Waals surface area (Å²) in [4.78, 5) is 31.2. The molecule has 0 heterocycles. The molecule has 0 fully saturated rings. The van der Waals surface area contributed by atoms with Crippen LogP contribution in [0.4, 0.5) is 20.2 Å². The van der Waals surface area contributed by atoms with E-state index < -0.39 is 47.4 Å². The van der Waals surface area contributed by atoms with Gasteiger partial charge >= 0.3 is 48.7 Å². The fourth-order valence-electron chi connectivity index (χ4n) is 1.99. The van der Waals surface area contributed by atoms with E-state index in [2.05, 4.69) is 9.47 Å². The number of benzene rings is 2. The van der Waals surface area contributed by atoms with Crippen molar-refractivity contribution in [2.75, 3.05) is 20.0 Å². The number of nitrogen functional groups attached to an aromatic ring is 1. The number of nitro benzene ring substituents is 1. The van der Waals surface area contributed by atoms with Crippen LogP contribution in [-0.2, 0) is 19.1 Å². The molecule has 2 aromatic carbocycles. The quantitative estimate of drug-likeness (QED) is 0.122. The Morgan fingerprint density at radius 1 is 0.941 bits per heavy atom. The van der Waals surface area contributed by atoms with Crippen LogP contribution in [0.1, 0.15) is 18.6 Å². The normalized spacial score (nSPS) is 9.71. The fraction of sp³-hybridized carbons (Fsp3) is 0.143. The Morgan fingerprint density at radius 3 is 1.74 bits per heavy atom. The van der Waals surface area contributed by atoms with Gasteiger partial charge in [0.15, 0.2) is 0 Å². The molecule has 0 aliphatic heterocycles. The van der Waals surface area contributed by atoms with Gasteiger partial charge in [0.25, 0.3) is 5.69 Å². The predicted octanol–water partition coefficient (Wildman–Crippen LogP) is 5.15. The number of nitrogens with zero attached hydrogens (tertiary/aromatic N) is 1. The summed E-state index contributed by atoms with van der Waals surface area (Å²) in [5.74, 6) is -2.28. The van der Waals surface area contributed by atoms with Gasteiger partial charge in [0.1, 0.15) is 11.6 Å². The zero-order chi connectivity index (χ0) is 25.4. The molecule has 0 saturated heterocycles. The molecule has 0 spiro atoms. The van der Waals surface area contributed by atoms with Gasteiger partial charge < -0.3 is 15.2 Å². The van der Waals surface area contributed by atoms with Crippen LogP contribution in [0.5, 0.6) is 0 Å². The van der Waals surface area contributed by atoms with Gasteiger partial charge in [-0.25, -0.2) is 18.4 Å². The van der Waals surface area contributed by atoms with Crippen molar-refractivity contribution in [3.63, 3.8) is 0 Å². The summed E-state index contributed by atoms with van der Waals surface area (Å²) in [6, 6.07) is 7.07. The Morgan fingerprint density at radius 2 is 1.35 bits per heavy atom. The average Bonchev–Trinajstić information content (AvgIpc) is 2.75. The molecule has 0 saturated carbocycles. The first-order chi connectivity index (χ1) is 15.6. The third-order valence-electron chi connectivity index (χ3n) is 3.28. The minimum absolute atomic E-state index is 0. The number of carbonyl (C=O) groups is 2. The van der Waals surface area contributed by atoms with E-state index in [0.29, 0.717) is 11.3 Å². The number of nitro groups is 1. The van der Waals surface area contributed by atoms with Crippen molar-refractivity contribution < 1.29 is 32.8 Å². The van der Waals surface area contributed by atoms with E-state index in [-0.39, 0.29) is 18.7 Å². The second-order valence-corrected chi connectivity index (χ2v) is 9.84. The van der Waals surface area contributed by atoms with Crippen molar-refractivity contribution in [2.24, 2.45) is 0 Å². The Labute approximate surface area is 213 Å². The molecule has 0 unspecified atom stereocenters. The van der Waals surface area contributed by atoms with E-state index in [9.17, 15) is 28.5 Å². The van der Waals surface area contributed by atoms with Crippen LogP contribution in [0.25, 0.3) is 12.2 Å².